The van der Waals surface area contributed by atoms with Gasteiger partial charge in [0.15, 0.2) is 6.61 Å². The summed E-state index contributed by atoms with van der Waals surface area (Å²) in [4.78, 5) is 11.0. The summed E-state index contributed by atoms with van der Waals surface area (Å²) in [6.07, 6.45) is 0.320. The van der Waals surface area contributed by atoms with Crippen molar-refractivity contribution in [2.75, 3.05) is 26.8 Å². The number of aliphatic hydroxyl groups is 1. The van der Waals surface area contributed by atoms with E-state index in [4.69, 9.17) is 21.4 Å². The summed E-state index contributed by atoms with van der Waals surface area (Å²) in [6.45, 7) is -0.183. The van der Waals surface area contributed by atoms with Crippen LogP contribution in [-0.4, -0.2) is 46.2 Å². The summed E-state index contributed by atoms with van der Waals surface area (Å²) in [5.74, 6) is -0.108. The van der Waals surface area contributed by atoms with E-state index >= 15 is 0 Å². The van der Waals surface area contributed by atoms with Crippen LogP contribution in [0.5, 0.6) is 5.75 Å². The molecular formula is C12H17ClN2O5S. The molecule has 0 aliphatic carbocycles. The summed E-state index contributed by atoms with van der Waals surface area (Å²) in [5.41, 5.74) is 0. The lowest BCUT2D eigenvalue weighted by Crippen LogP contribution is -2.26. The number of hydrogen-bond donors (Lipinski definition) is 3. The molecule has 3 N–H and O–H groups in total. The Kier molecular flexibility index (Phi) is 6.90. The molecule has 118 valence electrons. The normalized spacial score (nSPS) is 11.2. The van der Waals surface area contributed by atoms with Crippen LogP contribution in [0.2, 0.25) is 5.02 Å². The molecule has 0 aliphatic heterocycles. The highest BCUT2D eigenvalue weighted by Crippen LogP contribution is 2.27. The molecule has 21 heavy (non-hydrogen) atoms. The lowest BCUT2D eigenvalue weighted by Gasteiger charge is -2.10. The molecule has 1 amide bonds. The van der Waals surface area contributed by atoms with Crippen LogP contribution in [0.4, 0.5) is 0 Å². The molecule has 0 heterocycles. The third kappa shape index (κ3) is 5.50. The van der Waals surface area contributed by atoms with Gasteiger partial charge in [-0.2, -0.15) is 0 Å². The molecule has 0 aliphatic rings. The molecule has 7 nitrogen and oxygen atoms in total. The Morgan fingerprint density at radius 2 is 2.14 bits per heavy atom. The van der Waals surface area contributed by atoms with Crippen LogP contribution >= 0.6 is 11.6 Å². The van der Waals surface area contributed by atoms with Gasteiger partial charge in [-0.3, -0.25) is 4.79 Å². The first kappa shape index (κ1) is 17.7. The topological polar surface area (TPSA) is 105 Å². The number of sulfonamides is 1. The molecule has 0 spiro atoms. The molecule has 1 rings (SSSR count). The van der Waals surface area contributed by atoms with E-state index in [2.05, 4.69) is 10.0 Å². The van der Waals surface area contributed by atoms with E-state index in [1.165, 1.54) is 25.2 Å². The van der Waals surface area contributed by atoms with Crippen molar-refractivity contribution in [3.8, 4) is 5.75 Å². The highest BCUT2D eigenvalue weighted by Gasteiger charge is 2.15. The fourth-order valence-corrected chi connectivity index (χ4v) is 2.75. The molecule has 0 aromatic heterocycles. The Morgan fingerprint density at radius 3 is 2.71 bits per heavy atom. The van der Waals surface area contributed by atoms with Gasteiger partial charge in [0.05, 0.1) is 9.92 Å². The zero-order valence-corrected chi connectivity index (χ0v) is 13.0. The Balaban J connectivity index is 2.79. The first-order valence-electron chi connectivity index (χ1n) is 6.14. The van der Waals surface area contributed by atoms with Gasteiger partial charge >= 0.3 is 0 Å². The number of rotatable bonds is 8. The Hall–Kier alpha value is -1.35. The number of aliphatic hydroxyl groups excluding tert-OH is 1. The second-order valence-corrected chi connectivity index (χ2v) is 6.20. The second-order valence-electron chi connectivity index (χ2n) is 4.03. The molecule has 1 aromatic carbocycles. The van der Waals surface area contributed by atoms with Crippen LogP contribution in [0, 0.1) is 0 Å². The number of halogens is 1. The van der Waals surface area contributed by atoms with Gasteiger partial charge in [0.1, 0.15) is 5.75 Å². The van der Waals surface area contributed by atoms with Crippen LogP contribution in [0.25, 0.3) is 0 Å². The second kappa shape index (κ2) is 8.18. The molecule has 0 radical (unpaired) electrons. The monoisotopic (exact) mass is 336 g/mol. The van der Waals surface area contributed by atoms with E-state index in [1.54, 1.807) is 0 Å². The fourth-order valence-electron chi connectivity index (χ4n) is 1.35. The van der Waals surface area contributed by atoms with Crippen molar-refractivity contribution in [1.29, 1.82) is 0 Å². The van der Waals surface area contributed by atoms with Gasteiger partial charge in [0.2, 0.25) is 10.0 Å². The molecule has 0 saturated heterocycles. The fraction of sp³-hybridized carbons (Fsp3) is 0.417. The Bertz CT molecular complexity index is 591. The predicted octanol–water partition coefficient (Wildman–Crippen LogP) is 0.126. The first-order chi connectivity index (χ1) is 9.90. The van der Waals surface area contributed by atoms with Gasteiger partial charge in [-0.05, 0) is 24.6 Å². The van der Waals surface area contributed by atoms with E-state index in [0.29, 0.717) is 6.42 Å². The van der Waals surface area contributed by atoms with Gasteiger partial charge < -0.3 is 15.2 Å². The van der Waals surface area contributed by atoms with Gasteiger partial charge in [-0.15, -0.1) is 0 Å². The average molecular weight is 337 g/mol. The summed E-state index contributed by atoms with van der Waals surface area (Å²) in [5, 5.41) is 11.1. The van der Waals surface area contributed by atoms with E-state index < -0.39 is 10.0 Å². The lowest BCUT2D eigenvalue weighted by molar-refractivity contribution is -0.122. The molecule has 0 fully saturated rings. The minimum atomic E-state index is -3.69. The van der Waals surface area contributed by atoms with Crippen LogP contribution in [0.3, 0.4) is 0 Å². The van der Waals surface area contributed by atoms with Gasteiger partial charge in [0.25, 0.3) is 5.91 Å². The summed E-state index contributed by atoms with van der Waals surface area (Å²) < 4.78 is 31.3. The molecule has 1 aromatic rings. The van der Waals surface area contributed by atoms with E-state index in [9.17, 15) is 13.2 Å². The number of hydrogen-bond acceptors (Lipinski definition) is 5. The van der Waals surface area contributed by atoms with Gasteiger partial charge in [-0.25, -0.2) is 13.1 Å². The lowest BCUT2D eigenvalue weighted by atomic mass is 10.3. The first-order valence-corrected chi connectivity index (χ1v) is 8.00. The number of carbonyl (C=O) groups is 1. The largest absolute Gasteiger partial charge is 0.482 e. The zero-order chi connectivity index (χ0) is 15.9. The number of amides is 1. The third-order valence-electron chi connectivity index (χ3n) is 2.48. The molecular weight excluding hydrogens is 320 g/mol. The average Bonchev–Trinajstić information content (AvgIpc) is 2.45. The summed E-state index contributed by atoms with van der Waals surface area (Å²) in [7, 11) is -2.21. The van der Waals surface area contributed by atoms with Crippen molar-refractivity contribution in [1.82, 2.24) is 10.0 Å². The van der Waals surface area contributed by atoms with E-state index in [0.717, 1.165) is 0 Å². The van der Waals surface area contributed by atoms with Crippen LogP contribution in [0.1, 0.15) is 6.42 Å². The predicted molar refractivity (Wildman–Crippen MR) is 77.9 cm³/mol. The highest BCUT2D eigenvalue weighted by atomic mass is 35.5. The van der Waals surface area contributed by atoms with Crippen molar-refractivity contribution in [2.45, 2.75) is 11.3 Å². The van der Waals surface area contributed by atoms with Crippen LogP contribution in [-0.2, 0) is 14.8 Å². The minimum Gasteiger partial charge on any atom is -0.482 e. The van der Waals surface area contributed by atoms with Crippen LogP contribution in [0.15, 0.2) is 23.1 Å². The number of likely N-dealkylation sites (N-methyl/N-ethyl adjacent to an activating group) is 1. The van der Waals surface area contributed by atoms with E-state index in [-0.39, 0.29) is 41.3 Å². The Morgan fingerprint density at radius 1 is 1.43 bits per heavy atom. The standard InChI is InChI=1S/C12H17ClN2O5S/c1-14-12(17)8-20-11-4-3-9(7-10(11)13)21(18,19)15-5-2-6-16/h3-4,7,15-16H,2,5-6,8H2,1H3,(H,14,17). The highest BCUT2D eigenvalue weighted by molar-refractivity contribution is 7.89. The maximum Gasteiger partial charge on any atom is 0.257 e. The summed E-state index contributed by atoms with van der Waals surface area (Å²) >= 11 is 5.93. The Labute approximate surface area is 128 Å². The number of carbonyl (C=O) groups excluding carboxylic acids is 1. The minimum absolute atomic E-state index is 0.0160. The molecule has 0 saturated carbocycles. The number of benzene rings is 1. The smallest absolute Gasteiger partial charge is 0.257 e. The zero-order valence-electron chi connectivity index (χ0n) is 11.4. The van der Waals surface area contributed by atoms with Crippen molar-refractivity contribution >= 4 is 27.5 Å². The number of ether oxygens (including phenoxy) is 1. The van der Waals surface area contributed by atoms with Crippen molar-refractivity contribution in [3.05, 3.63) is 23.2 Å². The maximum absolute atomic E-state index is 11.9. The molecule has 9 heteroatoms. The quantitative estimate of drug-likeness (QED) is 0.585. The number of nitrogens with one attached hydrogen (secondary N) is 2. The SMILES string of the molecule is CNC(=O)COc1ccc(S(=O)(=O)NCCCO)cc1Cl. The van der Waals surface area contributed by atoms with E-state index in [1.807, 2.05) is 0 Å². The maximum atomic E-state index is 11.9. The summed E-state index contributed by atoms with van der Waals surface area (Å²) in [6, 6.07) is 3.94. The molecule has 0 unspecified atom stereocenters. The van der Waals surface area contributed by atoms with Crippen LogP contribution < -0.4 is 14.8 Å². The van der Waals surface area contributed by atoms with Crippen molar-refractivity contribution in [3.63, 3.8) is 0 Å². The van der Waals surface area contributed by atoms with Crippen molar-refractivity contribution in [2.24, 2.45) is 0 Å². The van der Waals surface area contributed by atoms with Gasteiger partial charge in [-0.1, -0.05) is 11.6 Å². The molecule has 0 bridgehead atoms. The van der Waals surface area contributed by atoms with Crippen molar-refractivity contribution < 1.29 is 23.1 Å². The molecule has 0 atom stereocenters. The van der Waals surface area contributed by atoms with Gasteiger partial charge in [0, 0.05) is 20.2 Å². The third-order valence-corrected chi connectivity index (χ3v) is 4.23.